The fraction of sp³-hybridized carbons (Fsp3) is 0.200. The monoisotopic (exact) mass is 303 g/mol. The lowest BCUT2D eigenvalue weighted by Gasteiger charge is -2.14. The van der Waals surface area contributed by atoms with Crippen LogP contribution in [-0.4, -0.2) is 27.4 Å². The molecule has 0 bridgehead atoms. The van der Waals surface area contributed by atoms with Gasteiger partial charge in [-0.3, -0.25) is 9.48 Å². The van der Waals surface area contributed by atoms with Crippen molar-refractivity contribution < 1.29 is 9.90 Å². The summed E-state index contributed by atoms with van der Waals surface area (Å²) in [6.07, 6.45) is 3.33. The molecule has 21 heavy (non-hydrogen) atoms. The molecule has 1 unspecified atom stereocenters. The van der Waals surface area contributed by atoms with E-state index in [4.69, 9.17) is 16.7 Å². The van der Waals surface area contributed by atoms with Crippen molar-refractivity contribution >= 4 is 23.2 Å². The van der Waals surface area contributed by atoms with Crippen molar-refractivity contribution in [1.82, 2.24) is 9.78 Å². The number of aliphatic hydroxyl groups excluding tert-OH is 1. The summed E-state index contributed by atoms with van der Waals surface area (Å²) in [5.41, 5.74) is 1.10. The molecule has 0 aliphatic carbocycles. The average Bonchev–Trinajstić information content (AvgIpc) is 2.99. The summed E-state index contributed by atoms with van der Waals surface area (Å²) in [4.78, 5) is 12.2. The first-order chi connectivity index (χ1) is 10.1. The second kappa shape index (κ2) is 6.93. The van der Waals surface area contributed by atoms with E-state index in [1.165, 1.54) is 0 Å². The molecule has 5 nitrogen and oxygen atoms in total. The van der Waals surface area contributed by atoms with Crippen LogP contribution in [0.1, 0.15) is 18.5 Å². The number of halogens is 1. The summed E-state index contributed by atoms with van der Waals surface area (Å²) in [7, 11) is 0. The van der Waals surface area contributed by atoms with Crippen LogP contribution in [0.4, 0.5) is 5.69 Å². The van der Waals surface area contributed by atoms with Crippen molar-refractivity contribution in [3.8, 4) is 11.8 Å². The zero-order valence-electron chi connectivity index (χ0n) is 11.4. The minimum atomic E-state index is -0.461. The summed E-state index contributed by atoms with van der Waals surface area (Å²) >= 11 is 5.95. The number of hydrogen-bond acceptors (Lipinski definition) is 3. The van der Waals surface area contributed by atoms with Crippen molar-refractivity contribution in [2.75, 3.05) is 11.9 Å². The molecule has 1 heterocycles. The molecule has 0 aliphatic rings. The molecule has 1 aromatic heterocycles. The Hall–Kier alpha value is -2.29. The third-order valence-corrected chi connectivity index (χ3v) is 3.08. The van der Waals surface area contributed by atoms with Gasteiger partial charge in [0.2, 0.25) is 5.91 Å². The molecule has 0 radical (unpaired) electrons. The van der Waals surface area contributed by atoms with Gasteiger partial charge < -0.3 is 10.4 Å². The minimum absolute atomic E-state index is 0.229. The third kappa shape index (κ3) is 3.85. The Balaban J connectivity index is 2.22. The highest BCUT2D eigenvalue weighted by molar-refractivity contribution is 6.31. The summed E-state index contributed by atoms with van der Waals surface area (Å²) in [6.45, 7) is 1.49. The van der Waals surface area contributed by atoms with Gasteiger partial charge in [-0.15, -0.1) is 0 Å². The Morgan fingerprint density at radius 3 is 3.05 bits per heavy atom. The summed E-state index contributed by atoms with van der Waals surface area (Å²) in [5, 5.41) is 16.1. The molecule has 0 aliphatic heterocycles. The molecular weight excluding hydrogens is 290 g/mol. The first-order valence-corrected chi connectivity index (χ1v) is 6.69. The number of carbonyl (C=O) groups excluding carboxylic acids is 1. The average molecular weight is 304 g/mol. The van der Waals surface area contributed by atoms with Crippen LogP contribution in [0.2, 0.25) is 5.02 Å². The number of nitrogens with zero attached hydrogens (tertiary/aromatic N) is 2. The van der Waals surface area contributed by atoms with E-state index in [2.05, 4.69) is 22.3 Å². The zero-order valence-corrected chi connectivity index (χ0v) is 12.1. The standard InChI is InChI=1S/C15H14ClN3O2/c1-11(19-8-3-7-17-19)15(21)18-14-10-13(16)6-5-12(14)4-2-9-20/h3,5-8,10-11,20H,9H2,1H3,(H,18,21). The van der Waals surface area contributed by atoms with E-state index in [1.54, 1.807) is 48.3 Å². The van der Waals surface area contributed by atoms with E-state index in [0.29, 0.717) is 16.3 Å². The molecule has 1 aromatic carbocycles. The van der Waals surface area contributed by atoms with Crippen molar-refractivity contribution in [3.63, 3.8) is 0 Å². The molecule has 2 aromatic rings. The predicted molar refractivity (Wildman–Crippen MR) is 81.0 cm³/mol. The van der Waals surface area contributed by atoms with Crippen LogP contribution in [-0.2, 0) is 4.79 Å². The molecule has 1 amide bonds. The lowest BCUT2D eigenvalue weighted by Crippen LogP contribution is -2.24. The van der Waals surface area contributed by atoms with Gasteiger partial charge in [-0.05, 0) is 31.2 Å². The Kier molecular flexibility index (Phi) is 4.99. The molecule has 0 saturated carbocycles. The van der Waals surface area contributed by atoms with Crippen LogP contribution in [0.15, 0.2) is 36.7 Å². The number of aromatic nitrogens is 2. The van der Waals surface area contributed by atoms with Crippen LogP contribution in [0.3, 0.4) is 0 Å². The lowest BCUT2D eigenvalue weighted by atomic mass is 10.1. The number of benzene rings is 1. The Morgan fingerprint density at radius 2 is 2.38 bits per heavy atom. The maximum atomic E-state index is 12.2. The Bertz CT molecular complexity index is 687. The van der Waals surface area contributed by atoms with E-state index in [9.17, 15) is 4.79 Å². The van der Waals surface area contributed by atoms with E-state index in [-0.39, 0.29) is 12.5 Å². The van der Waals surface area contributed by atoms with Crippen molar-refractivity contribution in [2.45, 2.75) is 13.0 Å². The maximum Gasteiger partial charge on any atom is 0.248 e. The van der Waals surface area contributed by atoms with Gasteiger partial charge in [0, 0.05) is 23.0 Å². The molecule has 1 atom stereocenters. The second-order valence-electron chi connectivity index (χ2n) is 4.30. The van der Waals surface area contributed by atoms with Crippen molar-refractivity contribution in [1.29, 1.82) is 0 Å². The van der Waals surface area contributed by atoms with E-state index in [0.717, 1.165) is 0 Å². The largest absolute Gasteiger partial charge is 0.384 e. The number of hydrogen-bond donors (Lipinski definition) is 2. The van der Waals surface area contributed by atoms with Gasteiger partial charge in [0.15, 0.2) is 0 Å². The second-order valence-corrected chi connectivity index (χ2v) is 4.74. The minimum Gasteiger partial charge on any atom is -0.384 e. The van der Waals surface area contributed by atoms with Gasteiger partial charge in [-0.2, -0.15) is 5.10 Å². The number of amides is 1. The summed E-state index contributed by atoms with van der Waals surface area (Å²) < 4.78 is 1.55. The molecule has 6 heteroatoms. The van der Waals surface area contributed by atoms with E-state index in [1.807, 2.05) is 0 Å². The molecule has 2 N–H and O–H groups in total. The summed E-state index contributed by atoms with van der Waals surface area (Å²) in [5.74, 6) is 5.09. The number of anilines is 1. The van der Waals surface area contributed by atoms with Crippen molar-refractivity contribution in [3.05, 3.63) is 47.2 Å². The third-order valence-electron chi connectivity index (χ3n) is 2.84. The topological polar surface area (TPSA) is 67.2 Å². The highest BCUT2D eigenvalue weighted by Gasteiger charge is 2.16. The quantitative estimate of drug-likeness (QED) is 0.853. The van der Waals surface area contributed by atoms with Gasteiger partial charge in [-0.25, -0.2) is 0 Å². The first-order valence-electron chi connectivity index (χ1n) is 6.31. The SMILES string of the molecule is CC(C(=O)Nc1cc(Cl)ccc1C#CCO)n1cccn1. The summed E-state index contributed by atoms with van der Waals surface area (Å²) in [6, 6.07) is 6.28. The molecular formula is C15H14ClN3O2. The first kappa shape index (κ1) is 15.1. The molecule has 2 rings (SSSR count). The van der Waals surface area contributed by atoms with Crippen LogP contribution in [0.5, 0.6) is 0 Å². The number of carbonyl (C=O) groups is 1. The highest BCUT2D eigenvalue weighted by Crippen LogP contribution is 2.21. The normalized spacial score (nSPS) is 11.4. The molecule has 0 saturated heterocycles. The fourth-order valence-electron chi connectivity index (χ4n) is 1.73. The number of nitrogens with one attached hydrogen (secondary N) is 1. The van der Waals surface area contributed by atoms with E-state index >= 15 is 0 Å². The fourth-order valence-corrected chi connectivity index (χ4v) is 1.90. The van der Waals surface area contributed by atoms with Crippen LogP contribution < -0.4 is 5.32 Å². The number of rotatable bonds is 3. The van der Waals surface area contributed by atoms with E-state index < -0.39 is 6.04 Å². The predicted octanol–water partition coefficient (Wildman–Crippen LogP) is 2.08. The Labute approximate surface area is 127 Å². The van der Waals surface area contributed by atoms with Crippen LogP contribution in [0, 0.1) is 11.8 Å². The number of aliphatic hydroxyl groups is 1. The van der Waals surface area contributed by atoms with Gasteiger partial charge in [0.1, 0.15) is 12.6 Å². The highest BCUT2D eigenvalue weighted by atomic mass is 35.5. The molecule has 108 valence electrons. The zero-order chi connectivity index (χ0) is 15.2. The Morgan fingerprint density at radius 1 is 1.57 bits per heavy atom. The maximum absolute atomic E-state index is 12.2. The van der Waals surface area contributed by atoms with Gasteiger partial charge in [-0.1, -0.05) is 23.4 Å². The molecule has 0 fully saturated rings. The smallest absolute Gasteiger partial charge is 0.248 e. The van der Waals surface area contributed by atoms with Gasteiger partial charge in [0.05, 0.1) is 5.69 Å². The van der Waals surface area contributed by atoms with Crippen LogP contribution >= 0.6 is 11.6 Å². The van der Waals surface area contributed by atoms with Gasteiger partial charge >= 0.3 is 0 Å². The lowest BCUT2D eigenvalue weighted by molar-refractivity contribution is -0.119. The van der Waals surface area contributed by atoms with Crippen molar-refractivity contribution in [2.24, 2.45) is 0 Å². The van der Waals surface area contributed by atoms with Crippen LogP contribution in [0.25, 0.3) is 0 Å². The molecule has 0 spiro atoms. The van der Waals surface area contributed by atoms with Gasteiger partial charge in [0.25, 0.3) is 0 Å².